The summed E-state index contributed by atoms with van der Waals surface area (Å²) >= 11 is 0. The van der Waals surface area contributed by atoms with E-state index in [-0.39, 0.29) is 17.9 Å². The summed E-state index contributed by atoms with van der Waals surface area (Å²) in [5, 5.41) is 3.08. The van der Waals surface area contributed by atoms with Crippen LogP contribution in [-0.2, 0) is 0 Å². The van der Waals surface area contributed by atoms with Gasteiger partial charge in [0.15, 0.2) is 5.76 Å². The van der Waals surface area contributed by atoms with Gasteiger partial charge >= 0.3 is 0 Å². The molecule has 2 heterocycles. The lowest BCUT2D eigenvalue weighted by Gasteiger charge is -2.32. The summed E-state index contributed by atoms with van der Waals surface area (Å²) in [4.78, 5) is 26.5. The molecule has 1 aromatic heterocycles. The third-order valence-electron chi connectivity index (χ3n) is 4.46. The number of furan rings is 1. The van der Waals surface area contributed by atoms with E-state index in [2.05, 4.69) is 5.32 Å². The van der Waals surface area contributed by atoms with Crippen LogP contribution in [0, 0.1) is 13.8 Å². The van der Waals surface area contributed by atoms with Crippen molar-refractivity contribution < 1.29 is 14.0 Å². The first kappa shape index (κ1) is 16.3. The van der Waals surface area contributed by atoms with Crippen LogP contribution >= 0.6 is 0 Å². The van der Waals surface area contributed by atoms with Crippen molar-refractivity contribution in [1.29, 1.82) is 0 Å². The minimum absolute atomic E-state index is 0.0421. The standard InChI is InChI=1S/C19H22N2O3/c1-13-5-3-4-6-16(13)18(22)20-15-9-11-21(12-10-15)19(23)17-8-7-14(2)24-17/h3-8,15H,9-12H2,1-2H3,(H,20,22). The number of likely N-dealkylation sites (tertiary alicyclic amines) is 1. The van der Waals surface area contributed by atoms with Gasteiger partial charge in [-0.15, -0.1) is 0 Å². The predicted molar refractivity (Wildman–Crippen MR) is 91.0 cm³/mol. The fourth-order valence-electron chi connectivity index (χ4n) is 3.02. The molecule has 0 radical (unpaired) electrons. The van der Waals surface area contributed by atoms with E-state index in [4.69, 9.17) is 4.42 Å². The summed E-state index contributed by atoms with van der Waals surface area (Å²) in [6.45, 7) is 5.00. The number of piperidine rings is 1. The summed E-state index contributed by atoms with van der Waals surface area (Å²) in [5.74, 6) is 1.000. The SMILES string of the molecule is Cc1ccc(C(=O)N2CCC(NC(=O)c3ccccc3C)CC2)o1. The minimum Gasteiger partial charge on any atom is -0.456 e. The van der Waals surface area contributed by atoms with Crippen molar-refractivity contribution in [2.75, 3.05) is 13.1 Å². The zero-order chi connectivity index (χ0) is 17.1. The molecule has 1 aliphatic rings. The maximum Gasteiger partial charge on any atom is 0.289 e. The van der Waals surface area contributed by atoms with E-state index in [1.54, 1.807) is 17.0 Å². The molecule has 1 saturated heterocycles. The summed E-state index contributed by atoms with van der Waals surface area (Å²) in [5.41, 5.74) is 1.68. The molecule has 1 aliphatic heterocycles. The normalized spacial score (nSPS) is 15.3. The molecule has 0 aliphatic carbocycles. The number of rotatable bonds is 3. The zero-order valence-corrected chi connectivity index (χ0v) is 14.0. The second kappa shape index (κ2) is 6.91. The van der Waals surface area contributed by atoms with Gasteiger partial charge in [0, 0.05) is 24.7 Å². The average Bonchev–Trinajstić information content (AvgIpc) is 3.02. The maximum absolute atomic E-state index is 12.4. The van der Waals surface area contributed by atoms with Gasteiger partial charge in [-0.2, -0.15) is 0 Å². The van der Waals surface area contributed by atoms with Crippen molar-refractivity contribution in [1.82, 2.24) is 10.2 Å². The molecule has 5 nitrogen and oxygen atoms in total. The highest BCUT2D eigenvalue weighted by Gasteiger charge is 2.26. The molecular weight excluding hydrogens is 304 g/mol. The van der Waals surface area contributed by atoms with E-state index in [1.807, 2.05) is 38.1 Å². The number of aryl methyl sites for hydroxylation is 2. The molecule has 24 heavy (non-hydrogen) atoms. The topological polar surface area (TPSA) is 62.6 Å². The van der Waals surface area contributed by atoms with Crippen molar-refractivity contribution in [2.45, 2.75) is 32.7 Å². The Bertz CT molecular complexity index is 743. The van der Waals surface area contributed by atoms with E-state index in [0.29, 0.717) is 24.4 Å². The van der Waals surface area contributed by atoms with Crippen LogP contribution in [0.2, 0.25) is 0 Å². The summed E-state index contributed by atoms with van der Waals surface area (Å²) in [7, 11) is 0. The number of hydrogen-bond donors (Lipinski definition) is 1. The van der Waals surface area contributed by atoms with Gasteiger partial charge in [-0.25, -0.2) is 0 Å². The van der Waals surface area contributed by atoms with E-state index in [1.165, 1.54) is 0 Å². The van der Waals surface area contributed by atoms with Gasteiger partial charge in [0.25, 0.3) is 11.8 Å². The second-order valence-electron chi connectivity index (χ2n) is 6.27. The van der Waals surface area contributed by atoms with Gasteiger partial charge < -0.3 is 14.6 Å². The van der Waals surface area contributed by atoms with E-state index >= 15 is 0 Å². The van der Waals surface area contributed by atoms with Crippen molar-refractivity contribution in [3.63, 3.8) is 0 Å². The van der Waals surface area contributed by atoms with Gasteiger partial charge in [-0.1, -0.05) is 18.2 Å². The highest BCUT2D eigenvalue weighted by Crippen LogP contribution is 2.16. The molecule has 126 valence electrons. The average molecular weight is 326 g/mol. The molecule has 1 N–H and O–H groups in total. The van der Waals surface area contributed by atoms with Crippen molar-refractivity contribution in [3.05, 3.63) is 59.0 Å². The van der Waals surface area contributed by atoms with E-state index in [9.17, 15) is 9.59 Å². The number of nitrogens with one attached hydrogen (secondary N) is 1. The molecule has 3 rings (SSSR count). The van der Waals surface area contributed by atoms with Gasteiger partial charge in [0.1, 0.15) is 5.76 Å². The van der Waals surface area contributed by atoms with Gasteiger partial charge in [0.2, 0.25) is 0 Å². The first-order valence-electron chi connectivity index (χ1n) is 8.27. The van der Waals surface area contributed by atoms with E-state index in [0.717, 1.165) is 24.2 Å². The van der Waals surface area contributed by atoms with Crippen LogP contribution in [0.1, 0.15) is 45.1 Å². The predicted octanol–water partition coefficient (Wildman–Crippen LogP) is 2.93. The lowest BCUT2D eigenvalue weighted by atomic mass is 10.0. The second-order valence-corrected chi connectivity index (χ2v) is 6.27. The number of benzene rings is 1. The molecule has 0 spiro atoms. The number of carbonyl (C=O) groups is 2. The van der Waals surface area contributed by atoms with Crippen molar-refractivity contribution in [3.8, 4) is 0 Å². The molecule has 0 unspecified atom stereocenters. The highest BCUT2D eigenvalue weighted by atomic mass is 16.3. The van der Waals surface area contributed by atoms with Crippen LogP contribution in [0.4, 0.5) is 0 Å². The summed E-state index contributed by atoms with van der Waals surface area (Å²) < 4.78 is 5.40. The van der Waals surface area contributed by atoms with Crippen LogP contribution in [-0.4, -0.2) is 35.8 Å². The van der Waals surface area contributed by atoms with Gasteiger partial charge in [-0.05, 0) is 50.5 Å². The Morgan fingerprint density at radius 1 is 1.08 bits per heavy atom. The first-order valence-corrected chi connectivity index (χ1v) is 8.27. The molecule has 2 aromatic rings. The molecule has 0 bridgehead atoms. The van der Waals surface area contributed by atoms with Crippen LogP contribution in [0.3, 0.4) is 0 Å². The number of amides is 2. The van der Waals surface area contributed by atoms with Crippen LogP contribution in [0.15, 0.2) is 40.8 Å². The minimum atomic E-state index is -0.0771. The Hall–Kier alpha value is -2.56. The third-order valence-corrected chi connectivity index (χ3v) is 4.46. The van der Waals surface area contributed by atoms with Gasteiger partial charge in [0.05, 0.1) is 0 Å². The quantitative estimate of drug-likeness (QED) is 0.943. The Kier molecular flexibility index (Phi) is 4.69. The lowest BCUT2D eigenvalue weighted by Crippen LogP contribution is -2.46. The number of hydrogen-bond acceptors (Lipinski definition) is 3. The molecule has 0 atom stereocenters. The fourth-order valence-corrected chi connectivity index (χ4v) is 3.02. The smallest absolute Gasteiger partial charge is 0.289 e. The zero-order valence-electron chi connectivity index (χ0n) is 14.0. The monoisotopic (exact) mass is 326 g/mol. The Balaban J connectivity index is 1.55. The Labute approximate surface area is 141 Å². The molecule has 5 heteroatoms. The summed E-state index contributed by atoms with van der Waals surface area (Å²) in [6.07, 6.45) is 1.51. The molecule has 1 aromatic carbocycles. The largest absolute Gasteiger partial charge is 0.456 e. The number of carbonyl (C=O) groups excluding carboxylic acids is 2. The van der Waals surface area contributed by atoms with Crippen LogP contribution in [0.5, 0.6) is 0 Å². The maximum atomic E-state index is 12.4. The molecule has 0 saturated carbocycles. The molecule has 2 amide bonds. The number of nitrogens with zero attached hydrogens (tertiary/aromatic N) is 1. The first-order chi connectivity index (χ1) is 11.5. The molecule has 1 fully saturated rings. The molecular formula is C19H22N2O3. The van der Waals surface area contributed by atoms with Crippen LogP contribution in [0.25, 0.3) is 0 Å². The van der Waals surface area contributed by atoms with Crippen LogP contribution < -0.4 is 5.32 Å². The lowest BCUT2D eigenvalue weighted by molar-refractivity contribution is 0.0666. The third kappa shape index (κ3) is 3.50. The Morgan fingerprint density at radius 2 is 1.79 bits per heavy atom. The summed E-state index contributed by atoms with van der Waals surface area (Å²) in [6, 6.07) is 11.2. The Morgan fingerprint density at radius 3 is 2.42 bits per heavy atom. The van der Waals surface area contributed by atoms with Crippen molar-refractivity contribution in [2.24, 2.45) is 0 Å². The van der Waals surface area contributed by atoms with E-state index < -0.39 is 0 Å². The van der Waals surface area contributed by atoms with Gasteiger partial charge in [-0.3, -0.25) is 9.59 Å². The highest BCUT2D eigenvalue weighted by molar-refractivity contribution is 5.95. The fraction of sp³-hybridized carbons (Fsp3) is 0.368. The van der Waals surface area contributed by atoms with Crippen molar-refractivity contribution >= 4 is 11.8 Å².